The minimum absolute atomic E-state index is 0.0379. The van der Waals surface area contributed by atoms with Gasteiger partial charge in [0.15, 0.2) is 0 Å². The molecule has 1 unspecified atom stereocenters. The van der Waals surface area contributed by atoms with Crippen LogP contribution in [0.25, 0.3) is 0 Å². The lowest BCUT2D eigenvalue weighted by atomic mass is 10.1. The molecule has 172 valence electrons. The van der Waals surface area contributed by atoms with Crippen LogP contribution in [0.1, 0.15) is 18.9 Å². The lowest BCUT2D eigenvalue weighted by Gasteiger charge is -2.29. The Hall–Kier alpha value is -2.99. The highest BCUT2D eigenvalue weighted by Crippen LogP contribution is 2.34. The third-order valence-electron chi connectivity index (χ3n) is 4.94. The number of hydrogen-bond acceptors (Lipinski definition) is 4. The van der Waals surface area contributed by atoms with Crippen molar-refractivity contribution in [1.29, 1.82) is 0 Å². The first-order valence-electron chi connectivity index (χ1n) is 9.36. The molecule has 0 aromatic heterocycles. The van der Waals surface area contributed by atoms with Crippen LogP contribution < -0.4 is 10.2 Å². The van der Waals surface area contributed by atoms with Gasteiger partial charge in [0, 0.05) is 19.5 Å². The number of hydrogen-bond donors (Lipinski definition) is 1. The molecule has 2 aromatic carbocycles. The van der Waals surface area contributed by atoms with E-state index in [0.29, 0.717) is 27.8 Å². The van der Waals surface area contributed by atoms with Gasteiger partial charge in [-0.3, -0.25) is 9.59 Å². The SMILES string of the molecule is CC1CC(=O)Nc2ccccc2N1C(=O)CN(C)S(=O)(=O)c1ccc(F)c(C(F)(F)F)c1. The standard InChI is InChI=1S/C20H19F4N3O4S/c1-12-9-18(28)25-16-5-3-4-6-17(16)27(12)19(29)11-26(2)32(30,31)13-7-8-15(21)14(10-13)20(22,23)24/h3-8,10,12H,9,11H2,1-2H3,(H,25,28). The van der Waals surface area contributed by atoms with Crippen molar-refractivity contribution in [3.05, 3.63) is 53.8 Å². The molecule has 1 atom stereocenters. The Labute approximate surface area is 181 Å². The molecule has 0 spiro atoms. The van der Waals surface area contributed by atoms with Crippen LogP contribution in [0, 0.1) is 5.82 Å². The molecule has 0 saturated heterocycles. The van der Waals surface area contributed by atoms with Gasteiger partial charge in [-0.1, -0.05) is 12.1 Å². The number of anilines is 2. The summed E-state index contributed by atoms with van der Waals surface area (Å²) in [7, 11) is -3.52. The van der Waals surface area contributed by atoms with Crippen LogP contribution in [-0.4, -0.2) is 44.2 Å². The van der Waals surface area contributed by atoms with Gasteiger partial charge in [0.25, 0.3) is 0 Å². The number of benzene rings is 2. The first-order chi connectivity index (χ1) is 14.8. The second kappa shape index (κ2) is 8.51. The summed E-state index contributed by atoms with van der Waals surface area (Å²) in [6.07, 6.45) is -5.13. The van der Waals surface area contributed by atoms with E-state index in [1.165, 1.54) is 4.90 Å². The molecule has 7 nitrogen and oxygen atoms in total. The fourth-order valence-electron chi connectivity index (χ4n) is 3.38. The van der Waals surface area contributed by atoms with Gasteiger partial charge < -0.3 is 10.2 Å². The number of carbonyl (C=O) groups is 2. The first kappa shape index (κ1) is 23.7. The van der Waals surface area contributed by atoms with Crippen LogP contribution in [0.3, 0.4) is 0 Å². The average molecular weight is 473 g/mol. The van der Waals surface area contributed by atoms with Crippen molar-refractivity contribution in [3.8, 4) is 0 Å². The summed E-state index contributed by atoms with van der Waals surface area (Å²) < 4.78 is 78.6. The number of halogens is 4. The largest absolute Gasteiger partial charge is 0.419 e. The van der Waals surface area contributed by atoms with Crippen molar-refractivity contribution in [2.75, 3.05) is 23.8 Å². The van der Waals surface area contributed by atoms with Gasteiger partial charge in [0.05, 0.1) is 28.4 Å². The van der Waals surface area contributed by atoms with Crippen molar-refractivity contribution in [2.45, 2.75) is 30.5 Å². The molecule has 0 saturated carbocycles. The molecule has 2 amide bonds. The summed E-state index contributed by atoms with van der Waals surface area (Å²) in [4.78, 5) is 25.6. The van der Waals surface area contributed by atoms with Gasteiger partial charge in [-0.2, -0.15) is 17.5 Å². The maximum absolute atomic E-state index is 13.5. The number of rotatable bonds is 4. The molecular weight excluding hydrogens is 454 g/mol. The fraction of sp³-hybridized carbons (Fsp3) is 0.300. The number of nitrogens with zero attached hydrogens (tertiary/aromatic N) is 2. The third-order valence-corrected chi connectivity index (χ3v) is 6.74. The van der Waals surface area contributed by atoms with Crippen LogP contribution in [0.15, 0.2) is 47.4 Å². The highest BCUT2D eigenvalue weighted by Gasteiger charge is 2.37. The number of carbonyl (C=O) groups excluding carboxylic acids is 2. The van der Waals surface area contributed by atoms with E-state index in [-0.39, 0.29) is 18.4 Å². The number of likely N-dealkylation sites (N-methyl/N-ethyl adjacent to an activating group) is 1. The van der Waals surface area contributed by atoms with Crippen molar-refractivity contribution in [3.63, 3.8) is 0 Å². The zero-order chi connectivity index (χ0) is 23.8. The lowest BCUT2D eigenvalue weighted by Crippen LogP contribution is -2.45. The Bertz CT molecular complexity index is 1170. The van der Waals surface area contributed by atoms with E-state index in [9.17, 15) is 35.6 Å². The average Bonchev–Trinajstić information content (AvgIpc) is 2.81. The van der Waals surface area contributed by atoms with Gasteiger partial charge in [0.1, 0.15) is 5.82 Å². The smallest absolute Gasteiger partial charge is 0.324 e. The van der Waals surface area contributed by atoms with Gasteiger partial charge >= 0.3 is 6.18 Å². The van der Waals surface area contributed by atoms with E-state index < -0.39 is 51.0 Å². The molecule has 0 fully saturated rings. The molecule has 3 rings (SSSR count). The van der Waals surface area contributed by atoms with Gasteiger partial charge in [0.2, 0.25) is 21.8 Å². The minimum atomic E-state index is -5.09. The Kier molecular flexibility index (Phi) is 6.29. The second-order valence-electron chi connectivity index (χ2n) is 7.28. The summed E-state index contributed by atoms with van der Waals surface area (Å²) in [5.74, 6) is -2.62. The van der Waals surface area contributed by atoms with Crippen LogP contribution in [0.4, 0.5) is 28.9 Å². The summed E-state index contributed by atoms with van der Waals surface area (Å²) in [6, 6.07) is 7.16. The minimum Gasteiger partial charge on any atom is -0.324 e. The predicted octanol–water partition coefficient (Wildman–Crippen LogP) is 3.23. The van der Waals surface area contributed by atoms with E-state index in [4.69, 9.17) is 0 Å². The van der Waals surface area contributed by atoms with Crippen LogP contribution in [0.5, 0.6) is 0 Å². The molecule has 1 aliphatic rings. The second-order valence-corrected chi connectivity index (χ2v) is 9.33. The van der Waals surface area contributed by atoms with Crippen LogP contribution in [-0.2, 0) is 25.8 Å². The maximum atomic E-state index is 13.5. The first-order valence-corrected chi connectivity index (χ1v) is 10.8. The maximum Gasteiger partial charge on any atom is 0.419 e. The van der Waals surface area contributed by atoms with Gasteiger partial charge in [-0.05, 0) is 37.3 Å². The van der Waals surface area contributed by atoms with Gasteiger partial charge in [-0.25, -0.2) is 12.8 Å². The molecule has 1 aliphatic heterocycles. The van der Waals surface area contributed by atoms with E-state index in [0.717, 1.165) is 7.05 Å². The third kappa shape index (κ3) is 4.60. The molecule has 12 heteroatoms. The Balaban J connectivity index is 1.91. The summed E-state index contributed by atoms with van der Waals surface area (Å²) in [5.41, 5.74) is -0.991. The Morgan fingerprint density at radius 3 is 2.53 bits per heavy atom. The fourth-order valence-corrected chi connectivity index (χ4v) is 4.53. The quantitative estimate of drug-likeness (QED) is 0.691. The van der Waals surface area contributed by atoms with Gasteiger partial charge in [-0.15, -0.1) is 0 Å². The number of sulfonamides is 1. The normalized spacial score (nSPS) is 17.0. The molecule has 1 N–H and O–H groups in total. The highest BCUT2D eigenvalue weighted by molar-refractivity contribution is 7.89. The monoisotopic (exact) mass is 473 g/mol. The zero-order valence-electron chi connectivity index (χ0n) is 17.0. The lowest BCUT2D eigenvalue weighted by molar-refractivity contribution is -0.140. The number of alkyl halides is 3. The summed E-state index contributed by atoms with van der Waals surface area (Å²) in [6.45, 7) is 0.900. The topological polar surface area (TPSA) is 86.8 Å². The van der Waals surface area contributed by atoms with Crippen molar-refractivity contribution < 1.29 is 35.6 Å². The number of fused-ring (bicyclic) bond motifs is 1. The van der Waals surface area contributed by atoms with E-state index in [1.807, 2.05) is 0 Å². The zero-order valence-corrected chi connectivity index (χ0v) is 17.8. The predicted molar refractivity (Wildman–Crippen MR) is 108 cm³/mol. The van der Waals surface area contributed by atoms with E-state index >= 15 is 0 Å². The number of nitrogens with one attached hydrogen (secondary N) is 1. The van der Waals surface area contributed by atoms with E-state index in [2.05, 4.69) is 5.32 Å². The van der Waals surface area contributed by atoms with E-state index in [1.54, 1.807) is 31.2 Å². The van der Waals surface area contributed by atoms with Crippen LogP contribution >= 0.6 is 0 Å². The molecular formula is C20H19F4N3O4S. The van der Waals surface area contributed by atoms with Crippen molar-refractivity contribution in [2.24, 2.45) is 0 Å². The molecule has 0 bridgehead atoms. The summed E-state index contributed by atoms with van der Waals surface area (Å²) in [5, 5.41) is 2.67. The van der Waals surface area contributed by atoms with Crippen LogP contribution in [0.2, 0.25) is 0 Å². The molecule has 1 heterocycles. The molecule has 0 radical (unpaired) electrons. The Morgan fingerprint density at radius 2 is 1.88 bits per heavy atom. The molecule has 32 heavy (non-hydrogen) atoms. The Morgan fingerprint density at radius 1 is 1.22 bits per heavy atom. The highest BCUT2D eigenvalue weighted by atomic mass is 32.2. The molecule has 0 aliphatic carbocycles. The number of amides is 2. The molecule has 2 aromatic rings. The van der Waals surface area contributed by atoms with Crippen molar-refractivity contribution in [1.82, 2.24) is 4.31 Å². The summed E-state index contributed by atoms with van der Waals surface area (Å²) >= 11 is 0. The number of para-hydroxylation sites is 2. The van der Waals surface area contributed by atoms with Crippen molar-refractivity contribution >= 4 is 33.2 Å².